The van der Waals surface area contributed by atoms with Crippen LogP contribution < -0.4 is 0 Å². The molecule has 19 heavy (non-hydrogen) atoms. The van der Waals surface area contributed by atoms with E-state index < -0.39 is 0 Å². The van der Waals surface area contributed by atoms with E-state index in [2.05, 4.69) is 10.8 Å². The van der Waals surface area contributed by atoms with Crippen molar-refractivity contribution in [2.75, 3.05) is 0 Å². The molecular weight excluding hydrogens is 276 g/mol. The topological polar surface area (TPSA) is 34.1 Å². The minimum atomic E-state index is 0.247. The Morgan fingerprint density at radius 1 is 0.737 bits per heavy atom. The van der Waals surface area contributed by atoms with Gasteiger partial charge in [-0.2, -0.15) is 0 Å². The molecule has 4 heteroatoms. The Bertz CT molecular complexity index is 706. The molecule has 0 atom stereocenters. The molecule has 0 bridgehead atoms. The van der Waals surface area contributed by atoms with Gasteiger partial charge in [-0.25, -0.2) is 0 Å². The van der Waals surface area contributed by atoms with Crippen molar-refractivity contribution in [1.29, 1.82) is 0 Å². The molecule has 2 aliphatic rings. The van der Waals surface area contributed by atoms with Crippen LogP contribution in [-0.2, 0) is 12.8 Å². The average Bonchev–Trinajstić information content (AvgIpc) is 3.06. The Hall–Kier alpha value is -1.26. The zero-order chi connectivity index (χ0) is 13.0. The molecule has 2 aromatic rings. The maximum absolute atomic E-state index is 12.2. The van der Waals surface area contributed by atoms with Crippen LogP contribution in [0.1, 0.15) is 51.1 Å². The number of rotatable bonds is 1. The van der Waals surface area contributed by atoms with Gasteiger partial charge in [-0.05, 0) is 41.1 Å². The molecule has 0 fully saturated rings. The van der Waals surface area contributed by atoms with Gasteiger partial charge < -0.3 is 0 Å². The summed E-state index contributed by atoms with van der Waals surface area (Å²) in [5.74, 6) is 0.502. The quantitative estimate of drug-likeness (QED) is 0.791. The van der Waals surface area contributed by atoms with Gasteiger partial charge in [-0.3, -0.25) is 9.59 Å². The molecular formula is C15H12O2S2. The number of Topliss-reactive ketones (excluding diaryl/α,β-unsaturated/α-hetero) is 2. The van der Waals surface area contributed by atoms with Crippen molar-refractivity contribution in [3.63, 3.8) is 0 Å². The first kappa shape index (κ1) is 11.6. The van der Waals surface area contributed by atoms with Gasteiger partial charge in [0.05, 0.1) is 9.75 Å². The highest BCUT2D eigenvalue weighted by Crippen LogP contribution is 2.44. The second-order valence-electron chi connectivity index (χ2n) is 5.13. The van der Waals surface area contributed by atoms with Crippen molar-refractivity contribution in [2.24, 2.45) is 0 Å². The summed E-state index contributed by atoms with van der Waals surface area (Å²) in [6.45, 7) is 0. The van der Waals surface area contributed by atoms with E-state index in [9.17, 15) is 9.59 Å². The van der Waals surface area contributed by atoms with E-state index in [1.165, 1.54) is 11.1 Å². The van der Waals surface area contributed by atoms with E-state index in [4.69, 9.17) is 0 Å². The van der Waals surface area contributed by atoms with Crippen LogP contribution in [0.25, 0.3) is 9.75 Å². The van der Waals surface area contributed by atoms with Gasteiger partial charge in [0.25, 0.3) is 0 Å². The predicted molar refractivity (Wildman–Crippen MR) is 77.6 cm³/mol. The van der Waals surface area contributed by atoms with Crippen LogP contribution in [0.5, 0.6) is 0 Å². The van der Waals surface area contributed by atoms with E-state index in [0.717, 1.165) is 40.1 Å². The summed E-state index contributed by atoms with van der Waals surface area (Å²) in [5.41, 5.74) is 4.16. The fourth-order valence-electron chi connectivity index (χ4n) is 3.04. The molecule has 2 nitrogen and oxygen atoms in total. The van der Waals surface area contributed by atoms with Crippen LogP contribution in [0, 0.1) is 0 Å². The monoisotopic (exact) mass is 288 g/mol. The van der Waals surface area contributed by atoms with Crippen LogP contribution >= 0.6 is 22.7 Å². The first-order valence-electron chi connectivity index (χ1n) is 6.53. The Morgan fingerprint density at radius 2 is 1.32 bits per heavy atom. The molecule has 96 valence electrons. The van der Waals surface area contributed by atoms with Gasteiger partial charge >= 0.3 is 0 Å². The Morgan fingerprint density at radius 3 is 2.00 bits per heavy atom. The van der Waals surface area contributed by atoms with Crippen LogP contribution in [0.3, 0.4) is 0 Å². The Balaban J connectivity index is 1.93. The summed E-state index contributed by atoms with van der Waals surface area (Å²) >= 11 is 3.26. The van der Waals surface area contributed by atoms with Gasteiger partial charge in [0.15, 0.2) is 11.6 Å². The third-order valence-corrected chi connectivity index (χ3v) is 6.19. The molecule has 4 rings (SSSR count). The molecule has 0 aromatic carbocycles. The Labute approximate surface area is 119 Å². The standard InChI is InChI=1S/C15H12O2S2/c16-10-3-1-2-8-6-18-14(12(8)10)15-13-9(7-19-15)4-5-11(13)17/h6-7H,1-5H2. The van der Waals surface area contributed by atoms with Crippen LogP contribution in [0.2, 0.25) is 0 Å². The lowest BCUT2D eigenvalue weighted by atomic mass is 9.92. The van der Waals surface area contributed by atoms with Gasteiger partial charge in [-0.15, -0.1) is 22.7 Å². The van der Waals surface area contributed by atoms with Crippen LogP contribution in [0.15, 0.2) is 10.8 Å². The second-order valence-corrected chi connectivity index (χ2v) is 6.89. The maximum Gasteiger partial charge on any atom is 0.164 e. The number of aryl methyl sites for hydroxylation is 2. The third-order valence-electron chi connectivity index (χ3n) is 3.97. The van der Waals surface area contributed by atoms with E-state index in [0.29, 0.717) is 12.8 Å². The zero-order valence-electron chi connectivity index (χ0n) is 10.3. The molecule has 2 aliphatic carbocycles. The SMILES string of the molecule is O=C1CCCc2csc(-c3scc4c3C(=O)CC4)c21. The first-order chi connectivity index (χ1) is 9.25. The number of carbonyl (C=O) groups is 2. The van der Waals surface area contributed by atoms with Crippen molar-refractivity contribution in [1.82, 2.24) is 0 Å². The highest BCUT2D eigenvalue weighted by atomic mass is 32.1. The molecule has 0 radical (unpaired) electrons. The van der Waals surface area contributed by atoms with E-state index >= 15 is 0 Å². The number of carbonyl (C=O) groups excluding carboxylic acids is 2. The van der Waals surface area contributed by atoms with Crippen LogP contribution in [-0.4, -0.2) is 11.6 Å². The smallest absolute Gasteiger partial charge is 0.164 e. The summed E-state index contributed by atoms with van der Waals surface area (Å²) in [6, 6.07) is 0. The normalized spacial score (nSPS) is 17.7. The average molecular weight is 288 g/mol. The predicted octanol–water partition coefficient (Wildman–Crippen LogP) is 4.12. The molecule has 0 spiro atoms. The molecule has 2 heterocycles. The summed E-state index contributed by atoms with van der Waals surface area (Å²) in [6.07, 6.45) is 4.11. The zero-order valence-corrected chi connectivity index (χ0v) is 12.0. The molecule has 0 amide bonds. The molecule has 0 N–H and O–H groups in total. The highest BCUT2D eigenvalue weighted by Gasteiger charge is 2.30. The maximum atomic E-state index is 12.2. The minimum Gasteiger partial charge on any atom is -0.294 e. The van der Waals surface area contributed by atoms with Crippen molar-refractivity contribution >= 4 is 34.2 Å². The number of ketones is 2. The highest BCUT2D eigenvalue weighted by molar-refractivity contribution is 7.21. The summed E-state index contributed by atoms with van der Waals surface area (Å²) < 4.78 is 0. The van der Waals surface area contributed by atoms with Crippen LogP contribution in [0.4, 0.5) is 0 Å². The van der Waals surface area contributed by atoms with Gasteiger partial charge in [-0.1, -0.05) is 0 Å². The molecule has 2 aromatic heterocycles. The van der Waals surface area contributed by atoms with E-state index in [1.807, 2.05) is 0 Å². The molecule has 0 saturated carbocycles. The Kier molecular flexibility index (Phi) is 2.50. The second kappa shape index (κ2) is 4.12. The summed E-state index contributed by atoms with van der Waals surface area (Å²) in [7, 11) is 0. The largest absolute Gasteiger partial charge is 0.294 e. The molecule has 0 saturated heterocycles. The number of fused-ring (bicyclic) bond motifs is 2. The number of hydrogen-bond donors (Lipinski definition) is 0. The fraction of sp³-hybridized carbons (Fsp3) is 0.333. The molecule has 0 aliphatic heterocycles. The number of hydrogen-bond acceptors (Lipinski definition) is 4. The van der Waals surface area contributed by atoms with Gasteiger partial charge in [0.2, 0.25) is 0 Å². The third kappa shape index (κ3) is 1.60. The van der Waals surface area contributed by atoms with Crippen molar-refractivity contribution in [2.45, 2.75) is 32.1 Å². The molecule has 0 unspecified atom stereocenters. The van der Waals surface area contributed by atoms with Crippen molar-refractivity contribution < 1.29 is 9.59 Å². The van der Waals surface area contributed by atoms with Crippen molar-refractivity contribution in [3.8, 4) is 9.75 Å². The lowest BCUT2D eigenvalue weighted by molar-refractivity contribution is 0.0970. The summed E-state index contributed by atoms with van der Waals surface area (Å²) in [4.78, 5) is 26.3. The first-order valence-corrected chi connectivity index (χ1v) is 8.29. The number of thiophene rings is 2. The van der Waals surface area contributed by atoms with E-state index in [-0.39, 0.29) is 11.6 Å². The van der Waals surface area contributed by atoms with Gasteiger partial charge in [0.1, 0.15) is 0 Å². The van der Waals surface area contributed by atoms with E-state index in [1.54, 1.807) is 22.7 Å². The fourth-order valence-corrected chi connectivity index (χ4v) is 5.46. The lowest BCUT2D eigenvalue weighted by Gasteiger charge is -2.11. The van der Waals surface area contributed by atoms with Crippen molar-refractivity contribution in [3.05, 3.63) is 33.0 Å². The summed E-state index contributed by atoms with van der Waals surface area (Å²) in [5, 5.41) is 4.20. The minimum absolute atomic E-state index is 0.247. The van der Waals surface area contributed by atoms with Gasteiger partial charge in [0, 0.05) is 24.0 Å². The lowest BCUT2D eigenvalue weighted by Crippen LogP contribution is -2.09.